The molecule has 0 saturated heterocycles. The highest BCUT2D eigenvalue weighted by Crippen LogP contribution is 2.27. The van der Waals surface area contributed by atoms with Crippen LogP contribution >= 0.6 is 0 Å². The van der Waals surface area contributed by atoms with E-state index in [1.165, 1.54) is 0 Å². The zero-order valence-corrected chi connectivity index (χ0v) is 10.6. The number of esters is 1. The van der Waals surface area contributed by atoms with Crippen LogP contribution in [0.15, 0.2) is 18.2 Å². The molecule has 0 aromatic heterocycles. The number of carbonyl (C=O) groups excluding carboxylic acids is 2. The van der Waals surface area contributed by atoms with Crippen molar-refractivity contribution in [2.75, 3.05) is 13.2 Å². The van der Waals surface area contributed by atoms with Crippen LogP contribution in [0.1, 0.15) is 13.3 Å². The lowest BCUT2D eigenvalue weighted by Gasteiger charge is -2.06. The number of hydrogen-bond acceptors (Lipinski definition) is 6. The van der Waals surface area contributed by atoms with E-state index >= 15 is 0 Å². The van der Waals surface area contributed by atoms with Gasteiger partial charge in [-0.3, -0.25) is 19.7 Å². The first-order chi connectivity index (χ1) is 9.43. The Kier molecular flexibility index (Phi) is 5.57. The first-order valence-corrected chi connectivity index (χ1v) is 5.68. The molecule has 0 heterocycles. The lowest BCUT2D eigenvalue weighted by atomic mass is 10.2. The second-order valence-electron chi connectivity index (χ2n) is 3.68. The maximum atomic E-state index is 12.9. The number of carbonyl (C=O) groups is 2. The Balaban J connectivity index is 2.64. The van der Waals surface area contributed by atoms with Gasteiger partial charge in [-0.2, -0.15) is 0 Å². The van der Waals surface area contributed by atoms with Crippen LogP contribution in [0.4, 0.5) is 10.1 Å². The van der Waals surface area contributed by atoms with Crippen LogP contribution in [0.2, 0.25) is 0 Å². The predicted molar refractivity (Wildman–Crippen MR) is 64.8 cm³/mol. The molecule has 0 saturated carbocycles. The third kappa shape index (κ3) is 4.63. The van der Waals surface area contributed by atoms with Crippen LogP contribution in [-0.2, 0) is 14.3 Å². The average Bonchev–Trinajstić information content (AvgIpc) is 2.37. The molecule has 0 atom stereocenters. The number of ether oxygens (including phenoxy) is 2. The molecule has 0 aliphatic carbocycles. The Labute approximate surface area is 113 Å². The zero-order chi connectivity index (χ0) is 15.1. The van der Waals surface area contributed by atoms with E-state index in [1.54, 1.807) is 6.92 Å². The molecule has 0 amide bonds. The third-order valence-electron chi connectivity index (χ3n) is 2.15. The average molecular weight is 285 g/mol. The van der Waals surface area contributed by atoms with Crippen LogP contribution in [0, 0.1) is 15.9 Å². The summed E-state index contributed by atoms with van der Waals surface area (Å²) in [5, 5.41) is 10.7. The number of hydrogen-bond donors (Lipinski definition) is 0. The van der Waals surface area contributed by atoms with Gasteiger partial charge in [0.15, 0.2) is 11.5 Å². The van der Waals surface area contributed by atoms with Gasteiger partial charge >= 0.3 is 11.7 Å². The van der Waals surface area contributed by atoms with Crippen LogP contribution in [0.3, 0.4) is 0 Å². The third-order valence-corrected chi connectivity index (χ3v) is 2.15. The fourth-order valence-electron chi connectivity index (χ4n) is 1.34. The summed E-state index contributed by atoms with van der Waals surface area (Å²) in [6.45, 7) is 1.21. The van der Waals surface area contributed by atoms with Gasteiger partial charge in [-0.25, -0.2) is 4.39 Å². The van der Waals surface area contributed by atoms with Crippen molar-refractivity contribution in [2.45, 2.75) is 13.3 Å². The van der Waals surface area contributed by atoms with Gasteiger partial charge in [0.1, 0.15) is 18.8 Å². The Morgan fingerprint density at radius 3 is 2.70 bits per heavy atom. The number of ketones is 1. The van der Waals surface area contributed by atoms with Crippen molar-refractivity contribution in [3.05, 3.63) is 34.1 Å². The number of halogens is 1. The Bertz CT molecular complexity index is 531. The summed E-state index contributed by atoms with van der Waals surface area (Å²) >= 11 is 0. The maximum Gasteiger partial charge on any atom is 0.313 e. The molecule has 0 unspecified atom stereocenters. The van der Waals surface area contributed by atoms with Crippen LogP contribution in [-0.4, -0.2) is 29.9 Å². The smallest absolute Gasteiger partial charge is 0.313 e. The molecule has 1 aromatic carbocycles. The minimum atomic E-state index is -0.825. The van der Waals surface area contributed by atoms with Gasteiger partial charge in [-0.1, -0.05) is 0 Å². The molecule has 0 fully saturated rings. The molecule has 0 N–H and O–H groups in total. The van der Waals surface area contributed by atoms with E-state index in [1.807, 2.05) is 0 Å². The highest BCUT2D eigenvalue weighted by atomic mass is 19.1. The van der Waals surface area contributed by atoms with E-state index in [0.717, 1.165) is 12.1 Å². The van der Waals surface area contributed by atoms with Gasteiger partial charge in [0.05, 0.1) is 17.6 Å². The monoisotopic (exact) mass is 285 g/mol. The zero-order valence-electron chi connectivity index (χ0n) is 10.6. The molecule has 0 spiro atoms. The van der Waals surface area contributed by atoms with E-state index in [0.29, 0.717) is 6.07 Å². The maximum absolute atomic E-state index is 12.9. The number of nitro benzene ring substituents is 1. The predicted octanol–water partition coefficient (Wildman–Crippen LogP) is 1.64. The van der Waals surface area contributed by atoms with E-state index in [9.17, 15) is 24.1 Å². The van der Waals surface area contributed by atoms with Gasteiger partial charge < -0.3 is 9.47 Å². The summed E-state index contributed by atoms with van der Waals surface area (Å²) in [6, 6.07) is 2.70. The second-order valence-corrected chi connectivity index (χ2v) is 3.68. The molecule has 0 bridgehead atoms. The van der Waals surface area contributed by atoms with Crippen molar-refractivity contribution in [2.24, 2.45) is 0 Å². The standard InChI is InChI=1S/C12H12FNO6/c1-2-19-12(16)6-9(15)7-20-11-4-3-8(13)5-10(11)14(17)18/h3-5H,2,6-7H2,1H3. The summed E-state index contributed by atoms with van der Waals surface area (Å²) in [5.41, 5.74) is -0.589. The number of nitrogens with zero attached hydrogens (tertiary/aromatic N) is 1. The quantitative estimate of drug-likeness (QED) is 0.327. The molecule has 1 rings (SSSR count). The van der Waals surface area contributed by atoms with Gasteiger partial charge in [-0.15, -0.1) is 0 Å². The van der Waals surface area contributed by atoms with Crippen LogP contribution < -0.4 is 4.74 Å². The molecular weight excluding hydrogens is 273 g/mol. The highest BCUT2D eigenvalue weighted by molar-refractivity contribution is 5.96. The van der Waals surface area contributed by atoms with Gasteiger partial charge in [-0.05, 0) is 19.1 Å². The summed E-state index contributed by atoms with van der Waals surface area (Å²) in [4.78, 5) is 32.3. The number of Topliss-reactive ketones (excluding diaryl/α,β-unsaturated/α-hetero) is 1. The SMILES string of the molecule is CCOC(=O)CC(=O)COc1ccc(F)cc1[N+](=O)[O-]. The molecule has 0 aliphatic rings. The van der Waals surface area contributed by atoms with Crippen LogP contribution in [0.5, 0.6) is 5.75 Å². The second kappa shape index (κ2) is 7.17. The number of nitro groups is 1. The Morgan fingerprint density at radius 1 is 1.40 bits per heavy atom. The lowest BCUT2D eigenvalue weighted by Crippen LogP contribution is -2.17. The molecule has 20 heavy (non-hydrogen) atoms. The Hall–Kier alpha value is -2.51. The summed E-state index contributed by atoms with van der Waals surface area (Å²) < 4.78 is 22.4. The van der Waals surface area contributed by atoms with Crippen molar-refractivity contribution in [1.29, 1.82) is 0 Å². The summed E-state index contributed by atoms with van der Waals surface area (Å²) in [7, 11) is 0. The van der Waals surface area contributed by atoms with E-state index in [-0.39, 0.29) is 12.4 Å². The van der Waals surface area contributed by atoms with E-state index < -0.39 is 41.2 Å². The summed E-state index contributed by atoms with van der Waals surface area (Å²) in [5.74, 6) is -2.33. The van der Waals surface area contributed by atoms with Crippen molar-refractivity contribution in [3.8, 4) is 5.75 Å². The van der Waals surface area contributed by atoms with Crippen molar-refractivity contribution in [1.82, 2.24) is 0 Å². The molecule has 8 heteroatoms. The molecule has 1 aromatic rings. The molecular formula is C12H12FNO6. The van der Waals surface area contributed by atoms with Crippen molar-refractivity contribution < 1.29 is 28.4 Å². The first kappa shape index (κ1) is 15.5. The van der Waals surface area contributed by atoms with Crippen molar-refractivity contribution in [3.63, 3.8) is 0 Å². The number of benzene rings is 1. The normalized spacial score (nSPS) is 9.90. The fraction of sp³-hybridized carbons (Fsp3) is 0.333. The van der Waals surface area contributed by atoms with Gasteiger partial charge in [0, 0.05) is 0 Å². The van der Waals surface area contributed by atoms with E-state index in [4.69, 9.17) is 4.74 Å². The van der Waals surface area contributed by atoms with Gasteiger partial charge in [0.2, 0.25) is 0 Å². The minimum Gasteiger partial charge on any atom is -0.479 e. The molecule has 0 aliphatic heterocycles. The highest BCUT2D eigenvalue weighted by Gasteiger charge is 2.18. The van der Waals surface area contributed by atoms with Crippen molar-refractivity contribution >= 4 is 17.4 Å². The van der Waals surface area contributed by atoms with Gasteiger partial charge in [0.25, 0.3) is 0 Å². The molecule has 108 valence electrons. The molecule has 0 radical (unpaired) electrons. The van der Waals surface area contributed by atoms with Crippen LogP contribution in [0.25, 0.3) is 0 Å². The largest absolute Gasteiger partial charge is 0.479 e. The lowest BCUT2D eigenvalue weighted by molar-refractivity contribution is -0.386. The summed E-state index contributed by atoms with van der Waals surface area (Å²) in [6.07, 6.45) is -0.483. The molecule has 7 nitrogen and oxygen atoms in total. The van der Waals surface area contributed by atoms with E-state index in [2.05, 4.69) is 4.74 Å². The minimum absolute atomic E-state index is 0.149. The number of rotatable bonds is 7. The topological polar surface area (TPSA) is 95.7 Å². The fourth-order valence-corrected chi connectivity index (χ4v) is 1.34. The first-order valence-electron chi connectivity index (χ1n) is 5.68. The Morgan fingerprint density at radius 2 is 2.10 bits per heavy atom.